The van der Waals surface area contributed by atoms with E-state index < -0.39 is 0 Å². The molecule has 0 saturated heterocycles. The van der Waals surface area contributed by atoms with E-state index in [9.17, 15) is 9.59 Å². The van der Waals surface area contributed by atoms with Crippen LogP contribution < -0.4 is 10.9 Å². The molecule has 0 spiro atoms. The van der Waals surface area contributed by atoms with Crippen molar-refractivity contribution in [1.29, 1.82) is 0 Å². The van der Waals surface area contributed by atoms with Crippen molar-refractivity contribution in [2.24, 2.45) is 0 Å². The Kier molecular flexibility index (Phi) is 7.94. The molecule has 0 radical (unpaired) electrons. The first-order chi connectivity index (χ1) is 16.6. The molecule has 0 atom stereocenters. The lowest BCUT2D eigenvalue weighted by atomic mass is 10.0. The average Bonchev–Trinajstić information content (AvgIpc) is 2.85. The summed E-state index contributed by atoms with van der Waals surface area (Å²) in [5.41, 5.74) is 5.24. The standard InChI is InChI=1S/C28H27N3O2S/c1-20-24(27(33)31-28(29-20)34-19-22-12-6-3-7-13-22)16-17-26(32)30-25-15-9-8-14-23(25)18-21-10-4-2-5-11-21/h2-15H,16-19H2,1H3,(H,30,32)(H,29,31,33). The SMILES string of the molecule is Cc1nc(SCc2ccccc2)[nH]c(=O)c1CCC(=O)Nc1ccccc1Cc1ccccc1. The summed E-state index contributed by atoms with van der Waals surface area (Å²) in [7, 11) is 0. The molecule has 0 fully saturated rings. The number of carbonyl (C=O) groups excluding carboxylic acids is 1. The van der Waals surface area contributed by atoms with E-state index in [1.807, 2.05) is 79.7 Å². The van der Waals surface area contributed by atoms with Crippen molar-refractivity contribution in [3.05, 3.63) is 123 Å². The molecule has 0 aliphatic rings. The van der Waals surface area contributed by atoms with Crippen LogP contribution in [-0.4, -0.2) is 15.9 Å². The quantitative estimate of drug-likeness (QED) is 0.250. The fourth-order valence-electron chi connectivity index (χ4n) is 3.74. The minimum atomic E-state index is -0.180. The molecule has 0 saturated carbocycles. The van der Waals surface area contributed by atoms with Gasteiger partial charge in [-0.2, -0.15) is 0 Å². The predicted octanol–water partition coefficient (Wildman–Crippen LogP) is 5.53. The Balaban J connectivity index is 1.36. The number of H-pyrrole nitrogens is 1. The number of nitrogens with zero attached hydrogens (tertiary/aromatic N) is 1. The fourth-order valence-corrected chi connectivity index (χ4v) is 4.60. The highest BCUT2D eigenvalue weighted by atomic mass is 32.2. The Morgan fingerprint density at radius 1 is 0.912 bits per heavy atom. The van der Waals surface area contributed by atoms with Crippen LogP contribution in [-0.2, 0) is 23.4 Å². The number of aromatic amines is 1. The number of amides is 1. The summed E-state index contributed by atoms with van der Waals surface area (Å²) in [6.07, 6.45) is 1.29. The zero-order chi connectivity index (χ0) is 23.8. The molecule has 3 aromatic carbocycles. The summed E-state index contributed by atoms with van der Waals surface area (Å²) in [5, 5.41) is 3.61. The maximum atomic E-state index is 12.7. The van der Waals surface area contributed by atoms with E-state index in [1.54, 1.807) is 0 Å². The lowest BCUT2D eigenvalue weighted by Crippen LogP contribution is -2.20. The van der Waals surface area contributed by atoms with Crippen LogP contribution in [0, 0.1) is 6.92 Å². The maximum absolute atomic E-state index is 12.7. The second-order valence-corrected chi connectivity index (χ2v) is 9.04. The van der Waals surface area contributed by atoms with Gasteiger partial charge < -0.3 is 10.3 Å². The zero-order valence-corrected chi connectivity index (χ0v) is 19.9. The third kappa shape index (κ3) is 6.45. The number of benzene rings is 3. The molecule has 6 heteroatoms. The van der Waals surface area contributed by atoms with Crippen molar-refractivity contribution in [2.45, 2.75) is 37.1 Å². The van der Waals surface area contributed by atoms with E-state index in [0.717, 1.165) is 23.4 Å². The molecule has 5 nitrogen and oxygen atoms in total. The van der Waals surface area contributed by atoms with Crippen LogP contribution in [0.1, 0.15) is 34.4 Å². The van der Waals surface area contributed by atoms with Gasteiger partial charge in [0.1, 0.15) is 0 Å². The van der Waals surface area contributed by atoms with E-state index >= 15 is 0 Å². The molecule has 1 heterocycles. The van der Waals surface area contributed by atoms with Gasteiger partial charge >= 0.3 is 0 Å². The molecule has 0 bridgehead atoms. The van der Waals surface area contributed by atoms with Crippen LogP contribution in [0.5, 0.6) is 0 Å². The lowest BCUT2D eigenvalue weighted by molar-refractivity contribution is -0.116. The first kappa shape index (κ1) is 23.5. The second-order valence-electron chi connectivity index (χ2n) is 8.08. The fraction of sp³-hybridized carbons (Fsp3) is 0.179. The van der Waals surface area contributed by atoms with E-state index in [-0.39, 0.29) is 17.9 Å². The highest BCUT2D eigenvalue weighted by molar-refractivity contribution is 7.98. The molecule has 0 aliphatic carbocycles. The Labute approximate surface area is 203 Å². The average molecular weight is 470 g/mol. The molecule has 172 valence electrons. The first-order valence-corrected chi connectivity index (χ1v) is 12.3. The van der Waals surface area contributed by atoms with Crippen LogP contribution in [0.25, 0.3) is 0 Å². The molecule has 4 rings (SSSR count). The van der Waals surface area contributed by atoms with Gasteiger partial charge in [0.05, 0.1) is 0 Å². The van der Waals surface area contributed by atoms with Crippen LogP contribution in [0.2, 0.25) is 0 Å². The Morgan fingerprint density at radius 2 is 1.56 bits per heavy atom. The van der Waals surface area contributed by atoms with Gasteiger partial charge in [0.15, 0.2) is 5.16 Å². The molecule has 4 aromatic rings. The summed E-state index contributed by atoms with van der Waals surface area (Å²) in [4.78, 5) is 32.8. The van der Waals surface area contributed by atoms with E-state index in [0.29, 0.717) is 22.8 Å². The first-order valence-electron chi connectivity index (χ1n) is 11.3. The molecule has 1 aromatic heterocycles. The molecule has 34 heavy (non-hydrogen) atoms. The third-order valence-corrected chi connectivity index (χ3v) is 6.49. The van der Waals surface area contributed by atoms with Gasteiger partial charge in [-0.25, -0.2) is 4.98 Å². The van der Waals surface area contributed by atoms with E-state index in [1.165, 1.54) is 22.9 Å². The minimum absolute atomic E-state index is 0.123. The smallest absolute Gasteiger partial charge is 0.254 e. The Bertz CT molecular complexity index is 1300. The number of aromatic nitrogens is 2. The van der Waals surface area contributed by atoms with Gasteiger partial charge in [0.2, 0.25) is 5.91 Å². The molecule has 1 amide bonds. The molecular formula is C28H27N3O2S. The van der Waals surface area contributed by atoms with Crippen LogP contribution >= 0.6 is 11.8 Å². The zero-order valence-electron chi connectivity index (χ0n) is 19.1. The van der Waals surface area contributed by atoms with Crippen molar-refractivity contribution >= 4 is 23.4 Å². The Morgan fingerprint density at radius 3 is 2.26 bits per heavy atom. The van der Waals surface area contributed by atoms with Gasteiger partial charge in [-0.15, -0.1) is 0 Å². The monoisotopic (exact) mass is 469 g/mol. The van der Waals surface area contributed by atoms with E-state index in [2.05, 4.69) is 27.4 Å². The van der Waals surface area contributed by atoms with Gasteiger partial charge in [0, 0.05) is 29.1 Å². The van der Waals surface area contributed by atoms with Crippen molar-refractivity contribution in [3.8, 4) is 0 Å². The number of aryl methyl sites for hydroxylation is 1. The molecular weight excluding hydrogens is 442 g/mol. The third-order valence-electron chi connectivity index (χ3n) is 5.55. The number of carbonyl (C=O) groups is 1. The van der Waals surface area contributed by atoms with Gasteiger partial charge in [0.25, 0.3) is 5.56 Å². The predicted molar refractivity (Wildman–Crippen MR) is 138 cm³/mol. The van der Waals surface area contributed by atoms with Crippen LogP contribution in [0.15, 0.2) is 94.9 Å². The summed E-state index contributed by atoms with van der Waals surface area (Å²) >= 11 is 1.49. The van der Waals surface area contributed by atoms with Crippen molar-refractivity contribution in [1.82, 2.24) is 9.97 Å². The second kappa shape index (κ2) is 11.5. The van der Waals surface area contributed by atoms with Crippen molar-refractivity contribution < 1.29 is 4.79 Å². The number of nitrogens with one attached hydrogen (secondary N) is 2. The number of rotatable bonds is 9. The number of hydrogen-bond acceptors (Lipinski definition) is 4. The largest absolute Gasteiger partial charge is 0.326 e. The number of anilines is 1. The van der Waals surface area contributed by atoms with Crippen LogP contribution in [0.4, 0.5) is 5.69 Å². The number of hydrogen-bond donors (Lipinski definition) is 2. The van der Waals surface area contributed by atoms with Gasteiger partial charge in [-0.1, -0.05) is 90.6 Å². The summed E-state index contributed by atoms with van der Waals surface area (Å²) in [5.74, 6) is 0.606. The van der Waals surface area contributed by atoms with Gasteiger partial charge in [-0.05, 0) is 42.5 Å². The lowest BCUT2D eigenvalue weighted by Gasteiger charge is -2.12. The normalized spacial score (nSPS) is 10.7. The van der Waals surface area contributed by atoms with Crippen molar-refractivity contribution in [2.75, 3.05) is 5.32 Å². The minimum Gasteiger partial charge on any atom is -0.326 e. The highest BCUT2D eigenvalue weighted by Gasteiger charge is 2.13. The maximum Gasteiger partial charge on any atom is 0.254 e. The Hall–Kier alpha value is -3.64. The molecule has 0 unspecified atom stereocenters. The molecule has 2 N–H and O–H groups in total. The highest BCUT2D eigenvalue weighted by Crippen LogP contribution is 2.21. The topological polar surface area (TPSA) is 74.8 Å². The summed E-state index contributed by atoms with van der Waals surface area (Å²) in [6.45, 7) is 1.82. The number of thioether (sulfide) groups is 1. The van der Waals surface area contributed by atoms with Gasteiger partial charge in [-0.3, -0.25) is 9.59 Å². The summed E-state index contributed by atoms with van der Waals surface area (Å²) < 4.78 is 0. The van der Waals surface area contributed by atoms with Crippen LogP contribution in [0.3, 0.4) is 0 Å². The number of para-hydroxylation sites is 1. The summed E-state index contributed by atoms with van der Waals surface area (Å²) in [6, 6.07) is 28.0. The van der Waals surface area contributed by atoms with E-state index in [4.69, 9.17) is 0 Å². The van der Waals surface area contributed by atoms with Crippen molar-refractivity contribution in [3.63, 3.8) is 0 Å². The molecule has 0 aliphatic heterocycles.